The van der Waals surface area contributed by atoms with Crippen molar-refractivity contribution in [1.82, 2.24) is 0 Å². The highest BCUT2D eigenvalue weighted by Gasteiger charge is 2.36. The average molecular weight is 404 g/mol. The fraction of sp³-hybridized carbons (Fsp3) is 0.625. The second kappa shape index (κ2) is 9.20. The molecule has 0 radical (unpaired) electrons. The quantitative estimate of drug-likeness (QED) is 0.364. The molecule has 0 atom stereocenters. The van der Waals surface area contributed by atoms with Crippen LogP contribution in [0.4, 0.5) is 26.3 Å². The molecule has 3 nitrogen and oxygen atoms in total. The topological polar surface area (TPSA) is 27.7 Å². The first-order valence-electron chi connectivity index (χ1n) is 8.00. The Morgan fingerprint density at radius 1 is 0.808 bits per heavy atom. The lowest BCUT2D eigenvalue weighted by Gasteiger charge is -2.23. The van der Waals surface area contributed by atoms with Crippen molar-refractivity contribution in [3.63, 3.8) is 0 Å². The summed E-state index contributed by atoms with van der Waals surface area (Å²) >= 11 is 0. The van der Waals surface area contributed by atoms with E-state index in [4.69, 9.17) is 13.9 Å². The largest absolute Gasteiger partial charge is 0.416 e. The molecule has 0 saturated carbocycles. The highest BCUT2D eigenvalue weighted by molar-refractivity contribution is 6.26. The standard InChI is InChI=1S/C16H22F6O3Si/c1-9(2)23-14(24-10(3)4)25-26-8-11-5-12(15(17,18)19)7-13(6-11)16(20,21)22/h5-7,9-10,14H,8,26H2,1-4H3. The molecule has 0 aliphatic rings. The van der Waals surface area contributed by atoms with Gasteiger partial charge in [-0.15, -0.1) is 0 Å². The van der Waals surface area contributed by atoms with Crippen molar-refractivity contribution in [1.29, 1.82) is 0 Å². The van der Waals surface area contributed by atoms with Crippen LogP contribution in [0.5, 0.6) is 0 Å². The number of hydrogen-bond acceptors (Lipinski definition) is 3. The van der Waals surface area contributed by atoms with Crippen LogP contribution in [-0.4, -0.2) is 28.4 Å². The van der Waals surface area contributed by atoms with Gasteiger partial charge in [0.05, 0.1) is 23.3 Å². The van der Waals surface area contributed by atoms with Crippen molar-refractivity contribution in [3.05, 3.63) is 34.9 Å². The molecular formula is C16H22F6O3Si. The number of hydrogen-bond donors (Lipinski definition) is 0. The zero-order valence-electron chi connectivity index (χ0n) is 14.9. The lowest BCUT2D eigenvalue weighted by molar-refractivity contribution is -0.275. The maximum Gasteiger partial charge on any atom is 0.416 e. The molecule has 0 N–H and O–H groups in total. The Balaban J connectivity index is 2.88. The van der Waals surface area contributed by atoms with E-state index >= 15 is 0 Å². The zero-order valence-corrected chi connectivity index (χ0v) is 16.3. The minimum Gasteiger partial charge on any atom is -0.378 e. The van der Waals surface area contributed by atoms with Crippen LogP contribution >= 0.6 is 0 Å². The first kappa shape index (κ1) is 22.9. The highest BCUT2D eigenvalue weighted by Crippen LogP contribution is 2.36. The Hall–Kier alpha value is -1.10. The van der Waals surface area contributed by atoms with Crippen LogP contribution in [0, 0.1) is 0 Å². The number of rotatable bonds is 8. The Morgan fingerprint density at radius 2 is 1.23 bits per heavy atom. The summed E-state index contributed by atoms with van der Waals surface area (Å²) in [6.07, 6.45) is -10.1. The first-order valence-corrected chi connectivity index (χ1v) is 9.57. The van der Waals surface area contributed by atoms with Gasteiger partial charge in [0.1, 0.15) is 0 Å². The van der Waals surface area contributed by atoms with Gasteiger partial charge in [-0.2, -0.15) is 26.3 Å². The molecule has 1 rings (SSSR count). The van der Waals surface area contributed by atoms with Gasteiger partial charge in [-0.1, -0.05) is 0 Å². The summed E-state index contributed by atoms with van der Waals surface area (Å²) in [5.41, 5.74) is -2.74. The molecule has 0 aliphatic carbocycles. The number of alkyl halides is 6. The van der Waals surface area contributed by atoms with E-state index in [0.717, 1.165) is 0 Å². The van der Waals surface area contributed by atoms with Crippen LogP contribution in [0.1, 0.15) is 44.4 Å². The Morgan fingerprint density at radius 3 is 1.58 bits per heavy atom. The molecule has 0 amide bonds. The monoisotopic (exact) mass is 404 g/mol. The fourth-order valence-corrected chi connectivity index (χ4v) is 2.98. The third-order valence-electron chi connectivity index (χ3n) is 3.06. The minimum absolute atomic E-state index is 0.0214. The molecule has 0 unspecified atom stereocenters. The van der Waals surface area contributed by atoms with Gasteiger partial charge in [0, 0.05) is 0 Å². The molecule has 0 heterocycles. The molecule has 150 valence electrons. The molecule has 0 spiro atoms. The lowest BCUT2D eigenvalue weighted by atomic mass is 10.1. The van der Waals surface area contributed by atoms with Gasteiger partial charge < -0.3 is 13.9 Å². The van der Waals surface area contributed by atoms with E-state index in [1.54, 1.807) is 27.7 Å². The smallest absolute Gasteiger partial charge is 0.378 e. The summed E-state index contributed by atoms with van der Waals surface area (Å²) in [6, 6.07) is 1.52. The second-order valence-electron chi connectivity index (χ2n) is 6.19. The summed E-state index contributed by atoms with van der Waals surface area (Å²) in [5.74, 6) is 0. The maximum atomic E-state index is 12.8. The van der Waals surface area contributed by atoms with Crippen LogP contribution in [0.25, 0.3) is 0 Å². The van der Waals surface area contributed by atoms with Gasteiger partial charge in [0.2, 0.25) is 0 Å². The van der Waals surface area contributed by atoms with Gasteiger partial charge >= 0.3 is 12.4 Å². The number of benzene rings is 1. The normalized spacial score (nSPS) is 13.7. The predicted molar refractivity (Wildman–Crippen MR) is 86.0 cm³/mol. The van der Waals surface area contributed by atoms with Crippen molar-refractivity contribution in [2.45, 2.75) is 64.8 Å². The van der Waals surface area contributed by atoms with Gasteiger partial charge in [-0.3, -0.25) is 0 Å². The maximum absolute atomic E-state index is 12.8. The Kier molecular flexibility index (Phi) is 8.12. The van der Waals surface area contributed by atoms with Crippen molar-refractivity contribution in [2.75, 3.05) is 0 Å². The summed E-state index contributed by atoms with van der Waals surface area (Å²) < 4.78 is 93.3. The van der Waals surface area contributed by atoms with Crippen molar-refractivity contribution < 1.29 is 40.2 Å². The van der Waals surface area contributed by atoms with Gasteiger partial charge in [0.25, 0.3) is 6.48 Å². The average Bonchev–Trinajstić information content (AvgIpc) is 2.43. The summed E-state index contributed by atoms with van der Waals surface area (Å²) in [6.45, 7) is 6.02. The molecular weight excluding hydrogens is 382 g/mol. The van der Waals surface area contributed by atoms with Gasteiger partial charge in [-0.25, -0.2) is 0 Å². The molecule has 0 saturated heterocycles. The van der Waals surface area contributed by atoms with E-state index in [1.807, 2.05) is 0 Å². The molecule has 26 heavy (non-hydrogen) atoms. The van der Waals surface area contributed by atoms with E-state index in [9.17, 15) is 26.3 Å². The third-order valence-corrected chi connectivity index (χ3v) is 4.35. The van der Waals surface area contributed by atoms with Crippen LogP contribution in [-0.2, 0) is 32.3 Å². The fourth-order valence-electron chi connectivity index (χ4n) is 1.99. The Labute approximate surface area is 150 Å². The van der Waals surface area contributed by atoms with Crippen LogP contribution in [0.15, 0.2) is 18.2 Å². The summed E-state index contributed by atoms with van der Waals surface area (Å²) in [7, 11) is -1.52. The predicted octanol–water partition coefficient (Wildman–Crippen LogP) is 4.46. The molecule has 0 aromatic heterocycles. The number of halogens is 6. The van der Waals surface area contributed by atoms with Gasteiger partial charge in [0.15, 0.2) is 9.76 Å². The van der Waals surface area contributed by atoms with E-state index in [-0.39, 0.29) is 29.9 Å². The van der Waals surface area contributed by atoms with Crippen molar-refractivity contribution >= 4 is 9.76 Å². The summed E-state index contributed by atoms with van der Waals surface area (Å²) in [4.78, 5) is 0. The van der Waals surface area contributed by atoms with Crippen LogP contribution in [0.2, 0.25) is 0 Å². The van der Waals surface area contributed by atoms with E-state index in [1.165, 1.54) is 0 Å². The van der Waals surface area contributed by atoms with Crippen molar-refractivity contribution in [2.24, 2.45) is 0 Å². The molecule has 0 aliphatic heterocycles. The SMILES string of the molecule is CC(C)OC(O[SiH2]Cc1cc(C(F)(F)F)cc(C(F)(F)F)c1)OC(C)C. The molecule has 1 aromatic carbocycles. The lowest BCUT2D eigenvalue weighted by Crippen LogP contribution is -2.29. The molecule has 0 fully saturated rings. The second-order valence-corrected chi connectivity index (χ2v) is 7.43. The Bertz CT molecular complexity index is 530. The van der Waals surface area contributed by atoms with Crippen LogP contribution < -0.4 is 0 Å². The molecule has 0 bridgehead atoms. The van der Waals surface area contributed by atoms with E-state index < -0.39 is 39.7 Å². The van der Waals surface area contributed by atoms with Gasteiger partial charge in [-0.05, 0) is 57.5 Å². The number of ether oxygens (including phenoxy) is 2. The van der Waals surface area contributed by atoms with Crippen molar-refractivity contribution in [3.8, 4) is 0 Å². The highest BCUT2D eigenvalue weighted by atomic mass is 28.2. The summed E-state index contributed by atoms with van der Waals surface area (Å²) in [5, 5.41) is 0. The van der Waals surface area contributed by atoms with E-state index in [2.05, 4.69) is 0 Å². The third kappa shape index (κ3) is 8.06. The molecule has 10 heteroatoms. The molecule has 1 aromatic rings. The zero-order chi connectivity index (χ0) is 20.1. The first-order chi connectivity index (χ1) is 11.8. The van der Waals surface area contributed by atoms with E-state index in [0.29, 0.717) is 12.1 Å². The van der Waals surface area contributed by atoms with Crippen LogP contribution in [0.3, 0.4) is 0 Å². The minimum atomic E-state index is -4.86.